The van der Waals surface area contributed by atoms with Crippen LogP contribution in [0.25, 0.3) is 62.7 Å². The predicted octanol–water partition coefficient (Wildman–Crippen LogP) is 5.77. The van der Waals surface area contributed by atoms with Crippen molar-refractivity contribution >= 4 is 24.1 Å². The molecule has 3 heterocycles. The molecule has 4 aromatic carbocycles. The van der Waals surface area contributed by atoms with Crippen LogP contribution in [0.2, 0.25) is 0 Å². The van der Waals surface area contributed by atoms with Crippen molar-refractivity contribution in [3.8, 4) is 0 Å². The van der Waals surface area contributed by atoms with Crippen molar-refractivity contribution in [1.82, 2.24) is 9.80 Å². The molecule has 3 aliphatic heterocycles. The van der Waals surface area contributed by atoms with Gasteiger partial charge in [-0.05, 0) is 170 Å². The smallest absolute Gasteiger partial charge is 0.857 e. The molecular formula is C81H113N24NaO20. The first-order valence-corrected chi connectivity index (χ1v) is 41.7. The van der Waals surface area contributed by atoms with Crippen LogP contribution in [0.3, 0.4) is 0 Å². The minimum atomic E-state index is -1.60. The molecule has 27 atom stereocenters. The molecule has 6 aliphatic carbocycles. The number of aliphatic hydroxyl groups is 5. The Hall–Kier alpha value is -9.42. The summed E-state index contributed by atoms with van der Waals surface area (Å²) in [6.45, 7) is 2.95. The Morgan fingerprint density at radius 3 is 1.18 bits per heavy atom. The molecular weight excluding hydrogens is 1650 g/mol. The largest absolute Gasteiger partial charge is 1.00 e. The van der Waals surface area contributed by atoms with Crippen molar-refractivity contribution in [2.75, 3.05) is 14.2 Å². The normalized spacial score (nSPS) is 31.3. The summed E-state index contributed by atoms with van der Waals surface area (Å²) in [5, 5.41) is 79.6. The second-order valence-electron chi connectivity index (χ2n) is 32.0. The van der Waals surface area contributed by atoms with Gasteiger partial charge in [0.05, 0.1) is 91.0 Å². The van der Waals surface area contributed by atoms with Crippen molar-refractivity contribution in [1.29, 1.82) is 0 Å². The molecule has 44 nitrogen and oxygen atoms in total. The Bertz CT molecular complexity index is 4370. The number of aliphatic hydroxyl groups excluding tert-OH is 5. The van der Waals surface area contributed by atoms with Gasteiger partial charge in [-0.3, -0.25) is 19.4 Å². The van der Waals surface area contributed by atoms with E-state index in [1.165, 1.54) is 0 Å². The summed E-state index contributed by atoms with van der Waals surface area (Å²) in [5.41, 5.74) is 83.2. The van der Waals surface area contributed by atoms with Gasteiger partial charge in [0, 0.05) is 81.6 Å². The number of nitrogens with two attached hydrogens (primary N) is 4. The van der Waals surface area contributed by atoms with E-state index in [9.17, 15) is 67.3 Å². The summed E-state index contributed by atoms with van der Waals surface area (Å²) in [6.07, 6.45) is -7.82. The standard InChI is InChI=1S/C34H40N10O8.C30H36N10O6.C15H30N4O4.CH4O.CH3O.Na/c1-20(45)49-30-26(39-42-36)17-27(40-43-37)31(32(30)50-21(2)46)52-33-25(38-41-35)15-16-28(51-33)29(24-13-14-24)44(18-22-9-5-3-6-10-22)34(47)48-19-23-11-7-4-8-12-23;31-37-34-21-13-14-24(45-29(21)46-28-23(36-39-33)15-22(35-38-32)26(41)27(28)42)25(20-11-12-20)40(16-18-7-3-1-4-8-18)30(43)44-17-19-9-5-2-6-10-19;16-7-3-4-10(11(19)6-1-2-6)22-15(7)23-14-9(18)5-8(17)12(20)13(14)21;2*1-2;/h3-12,24-33H,13-19H2,1-2H3;1-10,20-29,41-42H,11-17H2;6-15,20-21H,1-5,16-19H2;2H,1H3;1H3;/q;;;;-1;+1/t25?,26-,27+,28+,29+,30+,31-,32-,33-;21-,22+,23-,24-,25-,26-,27+,28+,29+;7-,8+,9-,10-,11-,12-,13+,14+,15+;;;/m100.../s1. The van der Waals surface area contributed by atoms with E-state index in [0.29, 0.717) is 38.0 Å². The van der Waals surface area contributed by atoms with Gasteiger partial charge in [-0.1, -0.05) is 152 Å². The van der Waals surface area contributed by atoms with E-state index in [0.717, 1.165) is 102 Å². The van der Waals surface area contributed by atoms with Crippen LogP contribution in [0.15, 0.2) is 152 Å². The number of benzene rings is 4. The van der Waals surface area contributed by atoms with E-state index in [2.05, 4.69) is 60.2 Å². The first-order chi connectivity index (χ1) is 60.5. The summed E-state index contributed by atoms with van der Waals surface area (Å²) >= 11 is 0. The average molecular weight is 1770 g/mol. The molecule has 1 unspecified atom stereocenters. The molecule has 13 N–H and O–H groups in total. The maximum absolute atomic E-state index is 14.0. The van der Waals surface area contributed by atoms with E-state index in [4.69, 9.17) is 86.0 Å². The van der Waals surface area contributed by atoms with Crippen molar-refractivity contribution in [2.24, 2.45) is 71.4 Å². The minimum absolute atomic E-state index is 0. The van der Waals surface area contributed by atoms with Gasteiger partial charge in [-0.2, -0.15) is 7.11 Å². The molecule has 4 aromatic rings. The molecule has 45 heteroatoms. The second kappa shape index (κ2) is 51.5. The number of hydrogen-bond donors (Lipinski definition) is 9. The van der Waals surface area contributed by atoms with Crippen LogP contribution in [0, 0.1) is 17.8 Å². The number of carbonyl (C=O) groups excluding carboxylic acids is 4. The average Bonchev–Trinajstić information content (AvgIpc) is 1.61. The molecule has 0 spiro atoms. The minimum Gasteiger partial charge on any atom is -0.857 e. The van der Waals surface area contributed by atoms with Gasteiger partial charge in [0.2, 0.25) is 0 Å². The zero-order valence-corrected chi connectivity index (χ0v) is 72.9. The summed E-state index contributed by atoms with van der Waals surface area (Å²) < 4.78 is 60.3. The van der Waals surface area contributed by atoms with Gasteiger partial charge in [0.1, 0.15) is 43.7 Å². The number of nitrogens with zero attached hydrogens (tertiary/aromatic N) is 20. The summed E-state index contributed by atoms with van der Waals surface area (Å²) in [4.78, 5) is 72.9. The molecule has 0 bridgehead atoms. The molecule has 9 fully saturated rings. The topological polar surface area (TPSA) is 688 Å². The summed E-state index contributed by atoms with van der Waals surface area (Å²) in [7, 11) is 1.75. The van der Waals surface area contributed by atoms with E-state index in [1.807, 2.05) is 121 Å². The van der Waals surface area contributed by atoms with Crippen molar-refractivity contribution < 1.29 is 127 Å². The number of carbonyl (C=O) groups is 4. The van der Waals surface area contributed by atoms with Gasteiger partial charge >= 0.3 is 53.7 Å². The van der Waals surface area contributed by atoms with Crippen molar-refractivity contribution in [3.63, 3.8) is 0 Å². The van der Waals surface area contributed by atoms with E-state index < -0.39 is 171 Å². The Morgan fingerprint density at radius 2 is 0.762 bits per heavy atom. The number of rotatable bonds is 30. The van der Waals surface area contributed by atoms with E-state index in [-0.39, 0.29) is 98.7 Å². The molecule has 3 saturated heterocycles. The molecule has 126 heavy (non-hydrogen) atoms. The predicted molar refractivity (Wildman–Crippen MR) is 444 cm³/mol. The van der Waals surface area contributed by atoms with Gasteiger partial charge < -0.3 is 101 Å². The third-order valence-electron chi connectivity index (χ3n) is 23.3. The SMILES string of the molecule is CC(=O)O[C@@H]1[C@@H](OC(C)=O)[C@H](N=[N+]=[N-])C[C@H](N=[N+]=[N-])[C@H]1O[C@H]1O[C@H]([C@H](C2CC2)N(Cc2ccccc2)C(=O)OCc2ccccc2)CCC1N=[N+]=[N-].CO.C[O-].N[C@@H]1C[C@H](N)[C@@H](O[C@H]2O[C@H]([C@@H](N)C3CC3)CC[C@@H]2N)[C@H](O)[C@H]1O.[N-]=[N+]=N[C@H]1CC[C@@H]([C@H](C2CC2)N(Cc2ccccc2)C(=O)OCc2ccccc2)O[C@@H]1O[C@H]1[C@H](O)[C@@H](O)[C@H](N=[N+]=[N-])C[C@@H]1N=[N+]=[N-].[Na+]. The van der Waals surface area contributed by atoms with E-state index >= 15 is 0 Å². The van der Waals surface area contributed by atoms with Gasteiger partial charge in [0.25, 0.3) is 0 Å². The van der Waals surface area contributed by atoms with Crippen molar-refractivity contribution in [3.05, 3.63) is 206 Å². The number of azide groups is 6. The maximum atomic E-state index is 14.0. The fourth-order valence-electron chi connectivity index (χ4n) is 16.9. The third-order valence-corrected chi connectivity index (χ3v) is 23.3. The number of amides is 2. The van der Waals surface area contributed by atoms with Crippen molar-refractivity contribution in [2.45, 2.75) is 301 Å². The van der Waals surface area contributed by atoms with Crippen LogP contribution in [-0.2, 0) is 83.3 Å². The van der Waals surface area contributed by atoms with Crippen LogP contribution >= 0.6 is 0 Å². The molecule has 678 valence electrons. The van der Waals surface area contributed by atoms with E-state index in [1.54, 1.807) is 9.80 Å². The number of esters is 2. The van der Waals surface area contributed by atoms with Crippen LogP contribution in [0.4, 0.5) is 9.59 Å². The van der Waals surface area contributed by atoms with Crippen LogP contribution in [0.1, 0.15) is 132 Å². The third kappa shape index (κ3) is 28.8. The van der Waals surface area contributed by atoms with Crippen LogP contribution in [-0.4, -0.2) is 238 Å². The number of hydrogen-bond acceptors (Lipinski definition) is 30. The molecule has 6 saturated carbocycles. The summed E-state index contributed by atoms with van der Waals surface area (Å²) in [6, 6.07) is 29.7. The zero-order valence-electron chi connectivity index (χ0n) is 70.9. The fourth-order valence-corrected chi connectivity index (χ4v) is 16.9. The second-order valence-corrected chi connectivity index (χ2v) is 32.0. The molecule has 0 radical (unpaired) electrons. The van der Waals surface area contributed by atoms with Crippen LogP contribution < -0.4 is 57.6 Å². The maximum Gasteiger partial charge on any atom is 1.00 e. The Balaban J connectivity index is 0.000000242. The first kappa shape index (κ1) is 102. The molecule has 9 aliphatic rings. The number of ether oxygens (including phenoxy) is 10. The zero-order chi connectivity index (χ0) is 90.2. The Kier molecular flexibility index (Phi) is 41.7. The van der Waals surface area contributed by atoms with Gasteiger partial charge in [-0.25, -0.2) is 9.59 Å². The van der Waals surface area contributed by atoms with Gasteiger partial charge in [-0.15, -0.1) is 0 Å². The Labute approximate surface area is 749 Å². The van der Waals surface area contributed by atoms with Gasteiger partial charge in [0.15, 0.2) is 25.0 Å². The fraction of sp³-hybridized carbons (Fsp3) is 0.654. The monoisotopic (exact) mass is 1760 g/mol. The molecule has 13 rings (SSSR count). The first-order valence-electron chi connectivity index (χ1n) is 41.7. The van der Waals surface area contributed by atoms with Crippen LogP contribution in [0.5, 0.6) is 0 Å². The Morgan fingerprint density at radius 1 is 0.413 bits per heavy atom. The summed E-state index contributed by atoms with van der Waals surface area (Å²) in [5.74, 6) is -0.792. The molecule has 2 amide bonds. The quantitative estimate of drug-likeness (QED) is 0.00747. The molecule has 0 aromatic heterocycles.